The number of aromatic nitrogens is 1. The first-order valence-electron chi connectivity index (χ1n) is 6.83. The molecule has 0 fully saturated rings. The van der Waals surface area contributed by atoms with Crippen molar-refractivity contribution < 1.29 is 0 Å². The number of nitrogens with zero attached hydrogens (tertiary/aromatic N) is 1. The molecule has 1 heteroatoms. The molecular weight excluding hydrogens is 242 g/mol. The summed E-state index contributed by atoms with van der Waals surface area (Å²) in [7, 11) is 0. The molecule has 3 aromatic rings. The van der Waals surface area contributed by atoms with Crippen LogP contribution in [0.15, 0.2) is 66.9 Å². The van der Waals surface area contributed by atoms with E-state index < -0.39 is 0 Å². The molecule has 0 aliphatic carbocycles. The average Bonchev–Trinajstić information content (AvgIpc) is 2.48. The summed E-state index contributed by atoms with van der Waals surface area (Å²) in [6.07, 6.45) is 1.96. The SMILES string of the molecule is Cc1cccc(-c2cc(-c3ccccc3)c(C)cn2)c1. The minimum Gasteiger partial charge on any atom is -0.256 e. The Morgan fingerprint density at radius 1 is 0.750 bits per heavy atom. The molecule has 0 spiro atoms. The highest BCUT2D eigenvalue weighted by molar-refractivity contribution is 5.73. The first-order chi connectivity index (χ1) is 9.74. The van der Waals surface area contributed by atoms with Gasteiger partial charge in [0.25, 0.3) is 0 Å². The molecule has 2 aromatic carbocycles. The standard InChI is InChI=1S/C19H17N/c1-14-7-6-10-17(11-14)19-12-18(15(2)13-20-19)16-8-4-3-5-9-16/h3-13H,1-2H3. The van der Waals surface area contributed by atoms with Crippen molar-refractivity contribution in [2.75, 3.05) is 0 Å². The molecule has 20 heavy (non-hydrogen) atoms. The van der Waals surface area contributed by atoms with Crippen molar-refractivity contribution in [3.05, 3.63) is 78.0 Å². The van der Waals surface area contributed by atoms with Crippen LogP contribution in [0.2, 0.25) is 0 Å². The van der Waals surface area contributed by atoms with E-state index in [9.17, 15) is 0 Å². The van der Waals surface area contributed by atoms with Gasteiger partial charge in [0.1, 0.15) is 0 Å². The molecule has 0 aliphatic heterocycles. The summed E-state index contributed by atoms with van der Waals surface area (Å²) in [6.45, 7) is 4.21. The van der Waals surface area contributed by atoms with Gasteiger partial charge in [-0.05, 0) is 42.7 Å². The van der Waals surface area contributed by atoms with Crippen LogP contribution >= 0.6 is 0 Å². The molecule has 1 nitrogen and oxygen atoms in total. The molecule has 1 aromatic heterocycles. The van der Waals surface area contributed by atoms with Crippen molar-refractivity contribution in [2.45, 2.75) is 13.8 Å². The Morgan fingerprint density at radius 2 is 1.50 bits per heavy atom. The Kier molecular flexibility index (Phi) is 3.34. The van der Waals surface area contributed by atoms with E-state index >= 15 is 0 Å². The summed E-state index contributed by atoms with van der Waals surface area (Å²) in [5.41, 5.74) is 7.14. The molecule has 0 unspecified atom stereocenters. The van der Waals surface area contributed by atoms with Crippen LogP contribution in [0.3, 0.4) is 0 Å². The summed E-state index contributed by atoms with van der Waals surface area (Å²) in [4.78, 5) is 4.58. The average molecular weight is 259 g/mol. The molecule has 0 amide bonds. The van der Waals surface area contributed by atoms with E-state index in [1.807, 2.05) is 12.3 Å². The molecule has 0 saturated heterocycles. The number of hydrogen-bond donors (Lipinski definition) is 0. The number of rotatable bonds is 2. The molecule has 0 radical (unpaired) electrons. The molecule has 98 valence electrons. The van der Waals surface area contributed by atoms with E-state index in [0.29, 0.717) is 0 Å². The van der Waals surface area contributed by atoms with E-state index in [-0.39, 0.29) is 0 Å². The van der Waals surface area contributed by atoms with Gasteiger partial charge in [0.15, 0.2) is 0 Å². The van der Waals surface area contributed by atoms with Gasteiger partial charge >= 0.3 is 0 Å². The van der Waals surface area contributed by atoms with Gasteiger partial charge in [0.05, 0.1) is 5.69 Å². The van der Waals surface area contributed by atoms with Crippen LogP contribution in [0.5, 0.6) is 0 Å². The van der Waals surface area contributed by atoms with Crippen molar-refractivity contribution in [3.63, 3.8) is 0 Å². The van der Waals surface area contributed by atoms with Gasteiger partial charge in [-0.2, -0.15) is 0 Å². The van der Waals surface area contributed by atoms with E-state index in [0.717, 1.165) is 5.69 Å². The molecule has 0 bridgehead atoms. The van der Waals surface area contributed by atoms with E-state index in [1.165, 1.54) is 27.8 Å². The fourth-order valence-corrected chi connectivity index (χ4v) is 2.41. The summed E-state index contributed by atoms with van der Waals surface area (Å²) in [5, 5.41) is 0. The van der Waals surface area contributed by atoms with Crippen molar-refractivity contribution in [1.29, 1.82) is 0 Å². The number of pyridine rings is 1. The quantitative estimate of drug-likeness (QED) is 0.628. The molecular formula is C19H17N. The van der Waals surface area contributed by atoms with Crippen molar-refractivity contribution >= 4 is 0 Å². The van der Waals surface area contributed by atoms with E-state index in [4.69, 9.17) is 0 Å². The zero-order valence-corrected chi connectivity index (χ0v) is 11.8. The molecule has 1 heterocycles. The van der Waals surface area contributed by atoms with Gasteiger partial charge in [-0.15, -0.1) is 0 Å². The molecule has 0 saturated carbocycles. The number of hydrogen-bond acceptors (Lipinski definition) is 1. The van der Waals surface area contributed by atoms with Gasteiger partial charge in [-0.3, -0.25) is 4.98 Å². The van der Waals surface area contributed by atoms with Crippen molar-refractivity contribution in [2.24, 2.45) is 0 Å². The molecule has 0 aliphatic rings. The van der Waals surface area contributed by atoms with Crippen LogP contribution in [-0.2, 0) is 0 Å². The highest BCUT2D eigenvalue weighted by Gasteiger charge is 2.06. The van der Waals surface area contributed by atoms with Crippen LogP contribution in [0.25, 0.3) is 22.4 Å². The van der Waals surface area contributed by atoms with Gasteiger partial charge in [-0.1, -0.05) is 54.1 Å². The Morgan fingerprint density at radius 3 is 2.25 bits per heavy atom. The third-order valence-corrected chi connectivity index (χ3v) is 3.50. The van der Waals surface area contributed by atoms with Gasteiger partial charge in [0.2, 0.25) is 0 Å². The summed E-state index contributed by atoms with van der Waals surface area (Å²) in [5.74, 6) is 0. The highest BCUT2D eigenvalue weighted by Crippen LogP contribution is 2.27. The van der Waals surface area contributed by atoms with E-state index in [1.54, 1.807) is 0 Å². The maximum Gasteiger partial charge on any atom is 0.0708 e. The van der Waals surface area contributed by atoms with Gasteiger partial charge < -0.3 is 0 Å². The Labute approximate surface area is 119 Å². The maximum absolute atomic E-state index is 4.58. The minimum absolute atomic E-state index is 1.03. The topological polar surface area (TPSA) is 12.9 Å². The lowest BCUT2D eigenvalue weighted by molar-refractivity contribution is 1.27. The Bertz CT molecular complexity index is 730. The fraction of sp³-hybridized carbons (Fsp3) is 0.105. The third-order valence-electron chi connectivity index (χ3n) is 3.50. The summed E-state index contributed by atoms with van der Waals surface area (Å²) in [6, 6.07) is 21.1. The lowest BCUT2D eigenvalue weighted by Crippen LogP contribution is -1.90. The second-order valence-corrected chi connectivity index (χ2v) is 5.12. The van der Waals surface area contributed by atoms with E-state index in [2.05, 4.69) is 73.4 Å². The van der Waals surface area contributed by atoms with Crippen molar-refractivity contribution in [3.8, 4) is 22.4 Å². The lowest BCUT2D eigenvalue weighted by atomic mass is 9.99. The lowest BCUT2D eigenvalue weighted by Gasteiger charge is -2.09. The predicted octanol–water partition coefficient (Wildman–Crippen LogP) is 5.03. The molecule has 3 rings (SSSR count). The minimum atomic E-state index is 1.03. The zero-order valence-electron chi connectivity index (χ0n) is 11.8. The Hall–Kier alpha value is -2.41. The zero-order chi connectivity index (χ0) is 13.9. The summed E-state index contributed by atoms with van der Waals surface area (Å²) >= 11 is 0. The monoisotopic (exact) mass is 259 g/mol. The van der Waals surface area contributed by atoms with Crippen LogP contribution in [0.4, 0.5) is 0 Å². The molecule has 0 atom stereocenters. The van der Waals surface area contributed by atoms with Crippen LogP contribution < -0.4 is 0 Å². The Balaban J connectivity index is 2.12. The number of benzene rings is 2. The van der Waals surface area contributed by atoms with Crippen LogP contribution in [-0.4, -0.2) is 4.98 Å². The van der Waals surface area contributed by atoms with Gasteiger partial charge in [-0.25, -0.2) is 0 Å². The van der Waals surface area contributed by atoms with Gasteiger partial charge in [0, 0.05) is 11.8 Å². The predicted molar refractivity (Wildman–Crippen MR) is 84.6 cm³/mol. The third kappa shape index (κ3) is 2.48. The van der Waals surface area contributed by atoms with Crippen molar-refractivity contribution in [1.82, 2.24) is 4.98 Å². The smallest absolute Gasteiger partial charge is 0.0708 e. The number of aryl methyl sites for hydroxylation is 2. The largest absolute Gasteiger partial charge is 0.256 e. The highest BCUT2D eigenvalue weighted by atomic mass is 14.7. The fourth-order valence-electron chi connectivity index (χ4n) is 2.41. The second kappa shape index (κ2) is 5.30. The maximum atomic E-state index is 4.58. The summed E-state index contributed by atoms with van der Waals surface area (Å²) < 4.78 is 0. The normalized spacial score (nSPS) is 10.5. The first kappa shape index (κ1) is 12.6. The molecule has 0 N–H and O–H groups in total. The van der Waals surface area contributed by atoms with Crippen LogP contribution in [0, 0.1) is 13.8 Å². The first-order valence-corrected chi connectivity index (χ1v) is 6.83. The van der Waals surface area contributed by atoms with Crippen LogP contribution in [0.1, 0.15) is 11.1 Å². The second-order valence-electron chi connectivity index (χ2n) is 5.12.